The van der Waals surface area contributed by atoms with Gasteiger partial charge in [0.15, 0.2) is 0 Å². The van der Waals surface area contributed by atoms with Crippen molar-refractivity contribution in [3.63, 3.8) is 0 Å². The molecule has 2 unspecified atom stereocenters. The molecule has 0 amide bonds. The first kappa shape index (κ1) is 21.0. The van der Waals surface area contributed by atoms with Gasteiger partial charge in [-0.05, 0) is 97.7 Å². The van der Waals surface area contributed by atoms with Crippen molar-refractivity contribution in [1.29, 1.82) is 0 Å². The fraction of sp³-hybridized carbons (Fsp3) is 0.926. The first-order valence-corrected chi connectivity index (χ1v) is 12.6. The lowest BCUT2D eigenvalue weighted by Gasteiger charge is -2.57. The Morgan fingerprint density at radius 3 is 2.43 bits per heavy atom. The van der Waals surface area contributed by atoms with Crippen molar-refractivity contribution in [2.45, 2.75) is 111 Å². The Labute approximate surface area is 174 Å². The zero-order valence-electron chi connectivity index (χ0n) is 19.3. The van der Waals surface area contributed by atoms with Crippen LogP contribution in [0.2, 0.25) is 0 Å². The molecule has 4 aliphatic rings. The highest BCUT2D eigenvalue weighted by molar-refractivity contribution is 5.27. The Morgan fingerprint density at radius 1 is 0.964 bits per heavy atom. The summed E-state index contributed by atoms with van der Waals surface area (Å²) in [7, 11) is 0. The summed E-state index contributed by atoms with van der Waals surface area (Å²) in [5.74, 6) is 5.07. The molecule has 0 heterocycles. The molecule has 1 heteroatoms. The molecule has 28 heavy (non-hydrogen) atoms. The molecule has 0 aromatic heterocycles. The van der Waals surface area contributed by atoms with Crippen LogP contribution in [-0.2, 0) is 0 Å². The van der Waals surface area contributed by atoms with Gasteiger partial charge >= 0.3 is 0 Å². The lowest BCUT2D eigenvalue weighted by Crippen LogP contribution is -2.49. The van der Waals surface area contributed by atoms with E-state index < -0.39 is 0 Å². The number of hydrogen-bond donors (Lipinski definition) is 1. The van der Waals surface area contributed by atoms with Crippen LogP contribution in [0.5, 0.6) is 0 Å². The number of rotatable bonds is 5. The van der Waals surface area contributed by atoms with E-state index in [2.05, 4.69) is 40.7 Å². The lowest BCUT2D eigenvalue weighted by molar-refractivity contribution is -0.0427. The van der Waals surface area contributed by atoms with Gasteiger partial charge in [-0.25, -0.2) is 0 Å². The Balaban J connectivity index is 1.50. The van der Waals surface area contributed by atoms with Gasteiger partial charge < -0.3 is 5.11 Å². The van der Waals surface area contributed by atoms with E-state index in [0.29, 0.717) is 10.8 Å². The van der Waals surface area contributed by atoms with Crippen molar-refractivity contribution in [3.8, 4) is 0 Å². The minimum absolute atomic E-state index is 0.0376. The molecule has 160 valence electrons. The maximum Gasteiger partial charge on any atom is 0.0543 e. The van der Waals surface area contributed by atoms with Gasteiger partial charge in [-0.1, -0.05) is 65.5 Å². The van der Waals surface area contributed by atoms with Gasteiger partial charge in [0.2, 0.25) is 0 Å². The lowest BCUT2D eigenvalue weighted by atomic mass is 9.47. The molecule has 3 fully saturated rings. The van der Waals surface area contributed by atoms with Crippen LogP contribution in [0.15, 0.2) is 11.6 Å². The summed E-state index contributed by atoms with van der Waals surface area (Å²) in [6, 6.07) is 0. The van der Waals surface area contributed by atoms with Gasteiger partial charge in [0.1, 0.15) is 0 Å². The van der Waals surface area contributed by atoms with Gasteiger partial charge in [-0.15, -0.1) is 0 Å². The number of allylic oxidation sites excluding steroid dienone is 2. The van der Waals surface area contributed by atoms with Gasteiger partial charge in [0, 0.05) is 0 Å². The molecule has 4 aliphatic carbocycles. The summed E-state index contributed by atoms with van der Waals surface area (Å²) in [6.45, 7) is 12.6. The smallest absolute Gasteiger partial charge is 0.0543 e. The second kappa shape index (κ2) is 7.75. The van der Waals surface area contributed by atoms with Crippen LogP contribution in [-0.4, -0.2) is 11.2 Å². The quantitative estimate of drug-likeness (QED) is 0.488. The Morgan fingerprint density at radius 2 is 1.68 bits per heavy atom. The zero-order valence-corrected chi connectivity index (χ0v) is 19.3. The molecule has 0 spiro atoms. The van der Waals surface area contributed by atoms with Crippen molar-refractivity contribution in [2.75, 3.05) is 0 Å². The highest BCUT2D eigenvalue weighted by Crippen LogP contribution is 2.66. The van der Waals surface area contributed by atoms with E-state index in [0.717, 1.165) is 48.3 Å². The van der Waals surface area contributed by atoms with Crippen LogP contribution in [0.4, 0.5) is 0 Å². The fourth-order valence-corrected chi connectivity index (χ4v) is 8.51. The monoisotopic (exact) mass is 386 g/mol. The van der Waals surface area contributed by atoms with Gasteiger partial charge in [0.05, 0.1) is 6.10 Å². The van der Waals surface area contributed by atoms with E-state index in [-0.39, 0.29) is 6.10 Å². The van der Waals surface area contributed by atoms with Crippen molar-refractivity contribution in [2.24, 2.45) is 46.3 Å². The van der Waals surface area contributed by atoms with Crippen LogP contribution in [0, 0.1) is 46.3 Å². The SMILES string of the molecule is CC(C)CCC[C@@H](C)[C@H]1CCC2C3=CC[C@H]4C[C@@H](O)CC[C@]4(C)C3CC[C@@]21C. The first-order valence-electron chi connectivity index (χ1n) is 12.6. The maximum absolute atomic E-state index is 10.2. The largest absolute Gasteiger partial charge is 0.393 e. The van der Waals surface area contributed by atoms with Crippen LogP contribution >= 0.6 is 0 Å². The van der Waals surface area contributed by atoms with Gasteiger partial charge in [-0.3, -0.25) is 0 Å². The van der Waals surface area contributed by atoms with Crippen molar-refractivity contribution in [3.05, 3.63) is 11.6 Å². The summed E-state index contributed by atoms with van der Waals surface area (Å²) in [5.41, 5.74) is 2.89. The molecule has 0 aromatic carbocycles. The van der Waals surface area contributed by atoms with Crippen LogP contribution in [0.1, 0.15) is 105 Å². The minimum Gasteiger partial charge on any atom is -0.393 e. The van der Waals surface area contributed by atoms with E-state index in [4.69, 9.17) is 0 Å². The summed E-state index contributed by atoms with van der Waals surface area (Å²) in [4.78, 5) is 0. The topological polar surface area (TPSA) is 20.2 Å². The number of aliphatic hydroxyl groups is 1. The maximum atomic E-state index is 10.2. The third-order valence-corrected chi connectivity index (χ3v) is 10.3. The van der Waals surface area contributed by atoms with Crippen LogP contribution in [0.25, 0.3) is 0 Å². The second-order valence-electron chi connectivity index (χ2n) is 12.2. The fourth-order valence-electron chi connectivity index (χ4n) is 8.51. The van der Waals surface area contributed by atoms with E-state index in [9.17, 15) is 5.11 Å². The molecule has 0 radical (unpaired) electrons. The molecule has 4 rings (SSSR count). The van der Waals surface area contributed by atoms with Crippen molar-refractivity contribution < 1.29 is 5.11 Å². The molecule has 0 saturated heterocycles. The third kappa shape index (κ3) is 3.42. The molecule has 0 aliphatic heterocycles. The van der Waals surface area contributed by atoms with Crippen LogP contribution < -0.4 is 0 Å². The molecule has 0 bridgehead atoms. The predicted octanol–water partition coefficient (Wildman–Crippen LogP) is 7.39. The summed E-state index contributed by atoms with van der Waals surface area (Å²) in [5, 5.41) is 10.2. The minimum atomic E-state index is -0.0376. The molecular weight excluding hydrogens is 340 g/mol. The first-order chi connectivity index (χ1) is 13.3. The highest BCUT2D eigenvalue weighted by Gasteiger charge is 2.58. The number of hydrogen-bond acceptors (Lipinski definition) is 1. The normalized spacial score (nSPS) is 46.5. The van der Waals surface area contributed by atoms with Crippen LogP contribution in [0.3, 0.4) is 0 Å². The molecular formula is C27H46O. The third-order valence-electron chi connectivity index (χ3n) is 10.3. The van der Waals surface area contributed by atoms with E-state index in [1.807, 2.05) is 5.57 Å². The van der Waals surface area contributed by atoms with Crippen molar-refractivity contribution >= 4 is 0 Å². The Bertz CT molecular complexity index is 591. The number of fused-ring (bicyclic) bond motifs is 5. The standard InChI is InChI=1S/C27H46O/c1-18(2)7-6-8-19(3)23-11-12-24-22-10-9-20-17-21(28)13-15-26(20,4)25(22)14-16-27(23,24)5/h10,18-21,23-25,28H,6-9,11-17H2,1-5H3/t19-,20+,21+,23-,24?,25?,26+,27-/m1/s1. The van der Waals surface area contributed by atoms with E-state index in [1.165, 1.54) is 57.8 Å². The van der Waals surface area contributed by atoms with E-state index in [1.54, 1.807) is 0 Å². The summed E-state index contributed by atoms with van der Waals surface area (Å²) >= 11 is 0. The predicted molar refractivity (Wildman–Crippen MR) is 119 cm³/mol. The average Bonchev–Trinajstić information content (AvgIpc) is 2.99. The molecule has 3 saturated carbocycles. The second-order valence-corrected chi connectivity index (χ2v) is 12.2. The van der Waals surface area contributed by atoms with Gasteiger partial charge in [-0.2, -0.15) is 0 Å². The summed E-state index contributed by atoms with van der Waals surface area (Å²) < 4.78 is 0. The molecule has 1 nitrogen and oxygen atoms in total. The molecule has 0 aromatic rings. The summed E-state index contributed by atoms with van der Waals surface area (Å²) in [6.07, 6.45) is 17.2. The Kier molecular flexibility index (Phi) is 5.80. The average molecular weight is 387 g/mol. The van der Waals surface area contributed by atoms with Crippen molar-refractivity contribution in [1.82, 2.24) is 0 Å². The van der Waals surface area contributed by atoms with E-state index >= 15 is 0 Å². The molecule has 8 atom stereocenters. The zero-order chi connectivity index (χ0) is 20.1. The highest BCUT2D eigenvalue weighted by atomic mass is 16.3. The number of aliphatic hydroxyl groups excluding tert-OH is 1. The van der Waals surface area contributed by atoms with Gasteiger partial charge in [0.25, 0.3) is 0 Å². The molecule has 1 N–H and O–H groups in total. The Hall–Kier alpha value is -0.300.